The highest BCUT2D eigenvalue weighted by molar-refractivity contribution is 6.00. The lowest BCUT2D eigenvalue weighted by Gasteiger charge is -2.23. The Balaban J connectivity index is 1.76. The van der Waals surface area contributed by atoms with Crippen LogP contribution >= 0.6 is 0 Å². The lowest BCUT2D eigenvalue weighted by molar-refractivity contribution is -0.119. The van der Waals surface area contributed by atoms with Crippen molar-refractivity contribution in [3.8, 4) is 0 Å². The molecule has 1 aromatic heterocycles. The number of furan rings is 1. The molecule has 3 rings (SSSR count). The fourth-order valence-electron chi connectivity index (χ4n) is 2.93. The van der Waals surface area contributed by atoms with Crippen LogP contribution in [0.5, 0.6) is 0 Å². The van der Waals surface area contributed by atoms with Crippen molar-refractivity contribution in [2.45, 2.75) is 32.7 Å². The number of likely N-dealkylation sites (tertiary alicyclic amines) is 1. The van der Waals surface area contributed by atoms with Gasteiger partial charge in [-0.15, -0.1) is 0 Å². The number of hydrogen-bond acceptors (Lipinski definition) is 3. The molecule has 0 bridgehead atoms. The average molecular weight is 312 g/mol. The van der Waals surface area contributed by atoms with Gasteiger partial charge in [-0.1, -0.05) is 12.1 Å². The number of hydrogen-bond donors (Lipinski definition) is 1. The van der Waals surface area contributed by atoms with Crippen molar-refractivity contribution in [2.24, 2.45) is 0 Å². The van der Waals surface area contributed by atoms with Crippen LogP contribution in [0.2, 0.25) is 0 Å². The van der Waals surface area contributed by atoms with E-state index in [4.69, 9.17) is 4.42 Å². The van der Waals surface area contributed by atoms with Crippen LogP contribution in [0, 0.1) is 13.8 Å². The molecule has 0 radical (unpaired) electrons. The van der Waals surface area contributed by atoms with E-state index in [-0.39, 0.29) is 17.6 Å². The molecule has 1 atom stereocenters. The zero-order valence-electron chi connectivity index (χ0n) is 13.3. The summed E-state index contributed by atoms with van der Waals surface area (Å²) in [6.45, 7) is 4.56. The van der Waals surface area contributed by atoms with Gasteiger partial charge in [0.1, 0.15) is 6.04 Å². The highest BCUT2D eigenvalue weighted by atomic mass is 16.3. The van der Waals surface area contributed by atoms with Gasteiger partial charge in [0.05, 0.1) is 6.26 Å². The van der Waals surface area contributed by atoms with Crippen LogP contribution in [0.4, 0.5) is 5.69 Å². The summed E-state index contributed by atoms with van der Waals surface area (Å²) >= 11 is 0. The van der Waals surface area contributed by atoms with E-state index in [1.165, 1.54) is 6.26 Å². The fraction of sp³-hybridized carbons (Fsp3) is 0.333. The third-order valence-corrected chi connectivity index (χ3v) is 4.41. The van der Waals surface area contributed by atoms with Crippen LogP contribution in [-0.4, -0.2) is 29.3 Å². The maximum Gasteiger partial charge on any atom is 0.290 e. The van der Waals surface area contributed by atoms with Crippen molar-refractivity contribution < 1.29 is 14.0 Å². The Labute approximate surface area is 135 Å². The van der Waals surface area contributed by atoms with Crippen LogP contribution < -0.4 is 5.32 Å². The average Bonchev–Trinajstić information content (AvgIpc) is 3.21. The molecule has 5 heteroatoms. The quantitative estimate of drug-likeness (QED) is 0.947. The van der Waals surface area contributed by atoms with Gasteiger partial charge in [0, 0.05) is 12.2 Å². The van der Waals surface area contributed by atoms with Crippen molar-refractivity contribution in [1.29, 1.82) is 0 Å². The van der Waals surface area contributed by atoms with Crippen LogP contribution in [0.3, 0.4) is 0 Å². The molecule has 5 nitrogen and oxygen atoms in total. The van der Waals surface area contributed by atoms with E-state index in [0.29, 0.717) is 13.0 Å². The van der Waals surface area contributed by atoms with Gasteiger partial charge in [-0.3, -0.25) is 9.59 Å². The third-order valence-electron chi connectivity index (χ3n) is 4.41. The van der Waals surface area contributed by atoms with Crippen LogP contribution in [-0.2, 0) is 4.79 Å². The molecular weight excluding hydrogens is 292 g/mol. The predicted octanol–water partition coefficient (Wildman–Crippen LogP) is 3.14. The Morgan fingerprint density at radius 3 is 2.78 bits per heavy atom. The first kappa shape index (κ1) is 15.3. The van der Waals surface area contributed by atoms with Gasteiger partial charge in [-0.2, -0.15) is 0 Å². The Hall–Kier alpha value is -2.56. The standard InChI is InChI=1S/C18H20N2O3/c1-12-6-3-7-14(13(12)2)19-17(21)15-8-4-10-20(15)18(22)16-9-5-11-23-16/h3,5-7,9,11,15H,4,8,10H2,1-2H3,(H,19,21)/t15-/m0/s1. The second-order valence-electron chi connectivity index (χ2n) is 5.87. The van der Waals surface area contributed by atoms with Gasteiger partial charge < -0.3 is 14.6 Å². The largest absolute Gasteiger partial charge is 0.459 e. The lowest BCUT2D eigenvalue weighted by atomic mass is 10.1. The van der Waals surface area contributed by atoms with Gasteiger partial charge in [0.25, 0.3) is 5.91 Å². The Kier molecular flexibility index (Phi) is 4.19. The van der Waals surface area contributed by atoms with Crippen LogP contribution in [0.1, 0.15) is 34.5 Å². The number of nitrogens with one attached hydrogen (secondary N) is 1. The minimum atomic E-state index is -0.451. The molecule has 0 spiro atoms. The van der Waals surface area contributed by atoms with Crippen molar-refractivity contribution >= 4 is 17.5 Å². The highest BCUT2D eigenvalue weighted by Gasteiger charge is 2.35. The molecule has 120 valence electrons. The van der Waals surface area contributed by atoms with Crippen molar-refractivity contribution in [1.82, 2.24) is 4.90 Å². The van der Waals surface area contributed by atoms with Crippen LogP contribution in [0.15, 0.2) is 41.0 Å². The molecule has 2 aromatic rings. The van der Waals surface area contributed by atoms with Gasteiger partial charge in [-0.25, -0.2) is 0 Å². The van der Waals surface area contributed by atoms with E-state index in [1.54, 1.807) is 17.0 Å². The summed E-state index contributed by atoms with van der Waals surface area (Å²) in [5.41, 5.74) is 2.97. The van der Waals surface area contributed by atoms with E-state index in [9.17, 15) is 9.59 Å². The number of benzene rings is 1. The lowest BCUT2D eigenvalue weighted by Crippen LogP contribution is -2.43. The number of aryl methyl sites for hydroxylation is 1. The van der Waals surface area contributed by atoms with Crippen molar-refractivity contribution in [2.75, 3.05) is 11.9 Å². The van der Waals surface area contributed by atoms with Gasteiger partial charge >= 0.3 is 0 Å². The van der Waals surface area contributed by atoms with Crippen LogP contribution in [0.25, 0.3) is 0 Å². The molecule has 1 aliphatic heterocycles. The number of amides is 2. The summed E-state index contributed by atoms with van der Waals surface area (Å²) in [7, 11) is 0. The number of rotatable bonds is 3. The monoisotopic (exact) mass is 312 g/mol. The van der Waals surface area contributed by atoms with Gasteiger partial charge in [-0.05, 0) is 56.0 Å². The molecule has 1 aliphatic rings. The maximum atomic E-state index is 12.6. The second kappa shape index (κ2) is 6.28. The van der Waals surface area contributed by atoms with Crippen molar-refractivity contribution in [3.63, 3.8) is 0 Å². The summed E-state index contributed by atoms with van der Waals surface area (Å²) in [5.74, 6) is -0.0962. The Bertz CT molecular complexity index is 722. The summed E-state index contributed by atoms with van der Waals surface area (Å²) in [6.07, 6.45) is 2.95. The number of anilines is 1. The first-order chi connectivity index (χ1) is 11.1. The summed E-state index contributed by atoms with van der Waals surface area (Å²) in [6, 6.07) is 8.65. The van der Waals surface area contributed by atoms with E-state index < -0.39 is 6.04 Å². The zero-order valence-corrected chi connectivity index (χ0v) is 13.3. The molecule has 0 saturated carbocycles. The van der Waals surface area contributed by atoms with Gasteiger partial charge in [0.15, 0.2) is 5.76 Å². The molecule has 1 N–H and O–H groups in total. The zero-order chi connectivity index (χ0) is 16.4. The fourth-order valence-corrected chi connectivity index (χ4v) is 2.93. The highest BCUT2D eigenvalue weighted by Crippen LogP contribution is 2.24. The van der Waals surface area contributed by atoms with Crippen molar-refractivity contribution in [3.05, 3.63) is 53.5 Å². The second-order valence-corrected chi connectivity index (χ2v) is 5.87. The molecule has 1 saturated heterocycles. The molecule has 1 fully saturated rings. The normalized spacial score (nSPS) is 17.3. The Morgan fingerprint density at radius 2 is 2.04 bits per heavy atom. The summed E-state index contributed by atoms with van der Waals surface area (Å²) in [5, 5.41) is 2.96. The molecule has 1 aromatic carbocycles. The topological polar surface area (TPSA) is 62.6 Å². The SMILES string of the molecule is Cc1cccc(NC(=O)[C@@H]2CCCN2C(=O)c2ccco2)c1C. The first-order valence-corrected chi connectivity index (χ1v) is 7.79. The number of carbonyl (C=O) groups is 2. The smallest absolute Gasteiger partial charge is 0.290 e. The maximum absolute atomic E-state index is 12.6. The van der Waals surface area contributed by atoms with E-state index in [0.717, 1.165) is 23.2 Å². The first-order valence-electron chi connectivity index (χ1n) is 7.79. The molecule has 0 unspecified atom stereocenters. The Morgan fingerprint density at radius 1 is 1.22 bits per heavy atom. The number of carbonyl (C=O) groups excluding carboxylic acids is 2. The minimum Gasteiger partial charge on any atom is -0.459 e. The summed E-state index contributed by atoms with van der Waals surface area (Å²) < 4.78 is 5.17. The molecular formula is C18H20N2O3. The number of nitrogens with zero attached hydrogens (tertiary/aromatic N) is 1. The third kappa shape index (κ3) is 2.99. The molecule has 2 amide bonds. The predicted molar refractivity (Wildman–Crippen MR) is 87.3 cm³/mol. The minimum absolute atomic E-state index is 0.142. The van der Waals surface area contributed by atoms with E-state index in [1.807, 2.05) is 32.0 Å². The van der Waals surface area contributed by atoms with Gasteiger partial charge in [0.2, 0.25) is 5.91 Å². The van der Waals surface area contributed by atoms with E-state index >= 15 is 0 Å². The summed E-state index contributed by atoms with van der Waals surface area (Å²) in [4.78, 5) is 26.7. The molecule has 23 heavy (non-hydrogen) atoms. The molecule has 0 aliphatic carbocycles. The molecule has 2 heterocycles. The van der Waals surface area contributed by atoms with E-state index in [2.05, 4.69) is 5.32 Å².